The lowest BCUT2D eigenvalue weighted by Gasteiger charge is -2.16. The Kier molecular flexibility index (Phi) is 6.63. The summed E-state index contributed by atoms with van der Waals surface area (Å²) in [5, 5.41) is 3.22. The van der Waals surface area contributed by atoms with Crippen LogP contribution >= 0.6 is 0 Å². The molecule has 1 heterocycles. The van der Waals surface area contributed by atoms with E-state index in [0.29, 0.717) is 29.6 Å². The molecule has 2 aromatic carbocycles. The van der Waals surface area contributed by atoms with Crippen LogP contribution in [-0.2, 0) is 6.42 Å². The van der Waals surface area contributed by atoms with E-state index in [4.69, 9.17) is 9.47 Å². The SMILES string of the molecule is COc1ccc(CCNc2cnc(C(=O)N(C)c3ccccc3)cn2)cc1OC. The van der Waals surface area contributed by atoms with Crippen LogP contribution < -0.4 is 19.7 Å². The largest absolute Gasteiger partial charge is 0.493 e. The minimum atomic E-state index is -0.208. The average molecular weight is 392 g/mol. The van der Waals surface area contributed by atoms with Gasteiger partial charge in [-0.15, -0.1) is 0 Å². The lowest BCUT2D eigenvalue weighted by molar-refractivity contribution is 0.0988. The van der Waals surface area contributed by atoms with Crippen LogP contribution in [0.5, 0.6) is 11.5 Å². The highest BCUT2D eigenvalue weighted by Crippen LogP contribution is 2.27. The van der Waals surface area contributed by atoms with Gasteiger partial charge in [-0.3, -0.25) is 4.79 Å². The number of carbonyl (C=O) groups is 1. The summed E-state index contributed by atoms with van der Waals surface area (Å²) in [6, 6.07) is 15.3. The molecule has 0 bridgehead atoms. The Morgan fingerprint density at radius 3 is 2.41 bits per heavy atom. The number of nitrogens with zero attached hydrogens (tertiary/aromatic N) is 3. The van der Waals surface area contributed by atoms with Gasteiger partial charge < -0.3 is 19.7 Å². The van der Waals surface area contributed by atoms with E-state index in [0.717, 1.165) is 17.7 Å². The number of benzene rings is 2. The first-order valence-corrected chi connectivity index (χ1v) is 9.22. The van der Waals surface area contributed by atoms with Gasteiger partial charge in [0.1, 0.15) is 11.5 Å². The first kappa shape index (κ1) is 20.1. The highest BCUT2D eigenvalue weighted by atomic mass is 16.5. The summed E-state index contributed by atoms with van der Waals surface area (Å²) in [4.78, 5) is 22.6. The fraction of sp³-hybridized carbons (Fsp3) is 0.227. The quantitative estimate of drug-likeness (QED) is 0.633. The van der Waals surface area contributed by atoms with Crippen molar-refractivity contribution in [2.75, 3.05) is 38.0 Å². The molecule has 1 N–H and O–H groups in total. The molecule has 3 aromatic rings. The van der Waals surface area contributed by atoms with Crippen LogP contribution in [0.3, 0.4) is 0 Å². The van der Waals surface area contributed by atoms with Gasteiger partial charge in [0.2, 0.25) is 0 Å². The maximum absolute atomic E-state index is 12.5. The first-order valence-electron chi connectivity index (χ1n) is 9.22. The van der Waals surface area contributed by atoms with Crippen molar-refractivity contribution in [3.63, 3.8) is 0 Å². The Bertz CT molecular complexity index is 946. The topological polar surface area (TPSA) is 76.6 Å². The van der Waals surface area contributed by atoms with Crippen molar-refractivity contribution < 1.29 is 14.3 Å². The molecule has 0 saturated heterocycles. The van der Waals surface area contributed by atoms with Gasteiger partial charge in [-0.2, -0.15) is 0 Å². The van der Waals surface area contributed by atoms with E-state index in [-0.39, 0.29) is 5.91 Å². The Balaban J connectivity index is 1.56. The van der Waals surface area contributed by atoms with E-state index in [1.54, 1.807) is 32.4 Å². The summed E-state index contributed by atoms with van der Waals surface area (Å²) >= 11 is 0. The normalized spacial score (nSPS) is 10.3. The van der Waals surface area contributed by atoms with Crippen LogP contribution in [0, 0.1) is 0 Å². The molecule has 7 heteroatoms. The molecule has 0 spiro atoms. The zero-order valence-corrected chi connectivity index (χ0v) is 16.8. The predicted octanol–water partition coefficient (Wildman–Crippen LogP) is 3.43. The highest BCUT2D eigenvalue weighted by Gasteiger charge is 2.15. The lowest BCUT2D eigenvalue weighted by Crippen LogP contribution is -2.27. The zero-order chi connectivity index (χ0) is 20.6. The summed E-state index contributed by atoms with van der Waals surface area (Å²) in [6.07, 6.45) is 3.83. The fourth-order valence-electron chi connectivity index (χ4n) is 2.84. The number of anilines is 2. The predicted molar refractivity (Wildman–Crippen MR) is 113 cm³/mol. The maximum atomic E-state index is 12.5. The number of hydrogen-bond donors (Lipinski definition) is 1. The average Bonchev–Trinajstić information content (AvgIpc) is 2.79. The van der Waals surface area contributed by atoms with Gasteiger partial charge in [-0.1, -0.05) is 24.3 Å². The Morgan fingerprint density at radius 1 is 1.00 bits per heavy atom. The van der Waals surface area contributed by atoms with Gasteiger partial charge in [-0.25, -0.2) is 9.97 Å². The second kappa shape index (κ2) is 9.54. The summed E-state index contributed by atoms with van der Waals surface area (Å²) in [5.74, 6) is 1.82. The molecule has 0 radical (unpaired) electrons. The van der Waals surface area contributed by atoms with Gasteiger partial charge >= 0.3 is 0 Å². The van der Waals surface area contributed by atoms with E-state index in [1.807, 2.05) is 48.5 Å². The van der Waals surface area contributed by atoms with Crippen LogP contribution in [0.2, 0.25) is 0 Å². The fourth-order valence-corrected chi connectivity index (χ4v) is 2.84. The molecule has 0 saturated carbocycles. The van der Waals surface area contributed by atoms with Crippen LogP contribution in [0.25, 0.3) is 0 Å². The Morgan fingerprint density at radius 2 is 1.76 bits per heavy atom. The number of rotatable bonds is 8. The van der Waals surface area contributed by atoms with Crippen LogP contribution in [0.4, 0.5) is 11.5 Å². The Hall–Kier alpha value is -3.61. The summed E-state index contributed by atoms with van der Waals surface area (Å²) < 4.78 is 10.6. The minimum Gasteiger partial charge on any atom is -0.493 e. The molecule has 0 fully saturated rings. The van der Waals surface area contributed by atoms with Crippen LogP contribution in [0.1, 0.15) is 16.1 Å². The molecule has 0 atom stereocenters. The van der Waals surface area contributed by atoms with Gasteiger partial charge in [0.15, 0.2) is 11.5 Å². The van der Waals surface area contributed by atoms with E-state index in [9.17, 15) is 4.79 Å². The van der Waals surface area contributed by atoms with E-state index in [1.165, 1.54) is 6.20 Å². The molecule has 29 heavy (non-hydrogen) atoms. The van der Waals surface area contributed by atoms with Crippen molar-refractivity contribution in [2.24, 2.45) is 0 Å². The highest BCUT2D eigenvalue weighted by molar-refractivity contribution is 6.04. The third kappa shape index (κ3) is 5.01. The molecule has 0 aliphatic carbocycles. The molecule has 0 aliphatic rings. The molecular formula is C22H24N4O3. The smallest absolute Gasteiger partial charge is 0.278 e. The first-order chi connectivity index (χ1) is 14.1. The van der Waals surface area contributed by atoms with Crippen molar-refractivity contribution in [3.8, 4) is 11.5 Å². The summed E-state index contributed by atoms with van der Waals surface area (Å²) in [5.41, 5.74) is 2.21. The lowest BCUT2D eigenvalue weighted by atomic mass is 10.1. The number of hydrogen-bond acceptors (Lipinski definition) is 6. The number of amides is 1. The number of nitrogens with one attached hydrogen (secondary N) is 1. The number of carbonyl (C=O) groups excluding carboxylic acids is 1. The second-order valence-electron chi connectivity index (χ2n) is 6.35. The number of para-hydroxylation sites is 1. The molecule has 0 unspecified atom stereocenters. The number of methoxy groups -OCH3 is 2. The van der Waals surface area contributed by atoms with E-state index in [2.05, 4.69) is 15.3 Å². The van der Waals surface area contributed by atoms with E-state index >= 15 is 0 Å². The van der Waals surface area contributed by atoms with Gasteiger partial charge in [0.25, 0.3) is 5.91 Å². The number of ether oxygens (including phenoxy) is 2. The van der Waals surface area contributed by atoms with Crippen LogP contribution in [0.15, 0.2) is 60.9 Å². The monoisotopic (exact) mass is 392 g/mol. The second-order valence-corrected chi connectivity index (χ2v) is 6.35. The van der Waals surface area contributed by atoms with Crippen molar-refractivity contribution in [3.05, 3.63) is 72.2 Å². The Labute approximate surface area is 170 Å². The molecule has 0 aliphatic heterocycles. The van der Waals surface area contributed by atoms with Crippen molar-refractivity contribution in [1.29, 1.82) is 0 Å². The van der Waals surface area contributed by atoms with Gasteiger partial charge in [0, 0.05) is 19.3 Å². The van der Waals surface area contributed by atoms with Gasteiger partial charge in [0.05, 0.1) is 26.6 Å². The molecule has 1 amide bonds. The third-order valence-corrected chi connectivity index (χ3v) is 4.49. The zero-order valence-electron chi connectivity index (χ0n) is 16.8. The summed E-state index contributed by atoms with van der Waals surface area (Å²) in [7, 11) is 4.95. The molecule has 7 nitrogen and oxygen atoms in total. The maximum Gasteiger partial charge on any atom is 0.278 e. The minimum absolute atomic E-state index is 0.208. The number of aromatic nitrogens is 2. The van der Waals surface area contributed by atoms with Gasteiger partial charge in [-0.05, 0) is 36.2 Å². The van der Waals surface area contributed by atoms with Crippen molar-refractivity contribution >= 4 is 17.4 Å². The van der Waals surface area contributed by atoms with Crippen molar-refractivity contribution in [2.45, 2.75) is 6.42 Å². The third-order valence-electron chi connectivity index (χ3n) is 4.49. The van der Waals surface area contributed by atoms with Crippen LogP contribution in [-0.4, -0.2) is 43.7 Å². The molecule has 3 rings (SSSR count). The standard InChI is InChI=1S/C22H24N4O3/c1-26(17-7-5-4-6-8-17)22(27)18-14-25-21(15-24-18)23-12-11-16-9-10-19(28-2)20(13-16)29-3/h4-10,13-15H,11-12H2,1-3H3,(H,23,25). The van der Waals surface area contributed by atoms with Crippen molar-refractivity contribution in [1.82, 2.24) is 9.97 Å². The molecule has 150 valence electrons. The van der Waals surface area contributed by atoms with E-state index < -0.39 is 0 Å². The molecular weight excluding hydrogens is 368 g/mol. The molecule has 1 aromatic heterocycles. The summed E-state index contributed by atoms with van der Waals surface area (Å²) in [6.45, 7) is 0.668.